The standard InChI is InChI=1S/C16H20ClFN2/c1-11(17)16-19-14-9-13(18)7-8-15(14)20(16)10-12-5-3-2-4-6-12/h7-9,11-12H,2-6,10H2,1H3. The van der Waals surface area contributed by atoms with Crippen molar-refractivity contribution in [3.8, 4) is 0 Å². The third-order valence-corrected chi connectivity index (χ3v) is 4.46. The fourth-order valence-electron chi connectivity index (χ4n) is 3.25. The molecule has 1 aromatic carbocycles. The molecular weight excluding hydrogens is 275 g/mol. The van der Waals surface area contributed by atoms with Crippen LogP contribution in [0.25, 0.3) is 11.0 Å². The number of aromatic nitrogens is 2. The van der Waals surface area contributed by atoms with Gasteiger partial charge in [0.25, 0.3) is 0 Å². The van der Waals surface area contributed by atoms with Crippen molar-refractivity contribution in [2.45, 2.75) is 50.9 Å². The molecule has 4 heteroatoms. The Morgan fingerprint density at radius 2 is 2.10 bits per heavy atom. The largest absolute Gasteiger partial charge is 0.326 e. The summed E-state index contributed by atoms with van der Waals surface area (Å²) in [6.07, 6.45) is 6.54. The van der Waals surface area contributed by atoms with Crippen molar-refractivity contribution in [1.82, 2.24) is 9.55 Å². The third-order valence-electron chi connectivity index (χ3n) is 4.26. The van der Waals surface area contributed by atoms with Crippen LogP contribution < -0.4 is 0 Å². The normalized spacial score (nSPS) is 18.6. The zero-order chi connectivity index (χ0) is 14.1. The van der Waals surface area contributed by atoms with Crippen LogP contribution in [0.5, 0.6) is 0 Å². The first-order valence-electron chi connectivity index (χ1n) is 7.45. The second-order valence-electron chi connectivity index (χ2n) is 5.83. The summed E-state index contributed by atoms with van der Waals surface area (Å²) in [5, 5.41) is -0.158. The molecule has 1 atom stereocenters. The molecule has 3 rings (SSSR count). The predicted molar refractivity (Wildman–Crippen MR) is 80.5 cm³/mol. The van der Waals surface area contributed by atoms with E-state index in [0.717, 1.165) is 17.9 Å². The van der Waals surface area contributed by atoms with Crippen molar-refractivity contribution in [2.75, 3.05) is 0 Å². The molecule has 0 aliphatic heterocycles. The molecular formula is C16H20ClFN2. The zero-order valence-corrected chi connectivity index (χ0v) is 12.5. The predicted octanol–water partition coefficient (Wildman–Crippen LogP) is 5.06. The third kappa shape index (κ3) is 2.69. The lowest BCUT2D eigenvalue weighted by Gasteiger charge is -2.23. The first-order valence-corrected chi connectivity index (χ1v) is 7.88. The number of imidazole rings is 1. The monoisotopic (exact) mass is 294 g/mol. The summed E-state index contributed by atoms with van der Waals surface area (Å²) in [6, 6.07) is 4.82. The lowest BCUT2D eigenvalue weighted by atomic mass is 9.89. The van der Waals surface area contributed by atoms with Gasteiger partial charge in [0, 0.05) is 12.6 Å². The van der Waals surface area contributed by atoms with Crippen LogP contribution in [0.1, 0.15) is 50.2 Å². The number of fused-ring (bicyclic) bond motifs is 1. The quantitative estimate of drug-likeness (QED) is 0.724. The molecule has 2 nitrogen and oxygen atoms in total. The van der Waals surface area contributed by atoms with Gasteiger partial charge in [-0.2, -0.15) is 0 Å². The Morgan fingerprint density at radius 1 is 1.35 bits per heavy atom. The Hall–Kier alpha value is -1.09. The highest BCUT2D eigenvalue weighted by Gasteiger charge is 2.20. The molecule has 0 spiro atoms. The van der Waals surface area contributed by atoms with Crippen LogP contribution in [0, 0.1) is 11.7 Å². The highest BCUT2D eigenvalue weighted by atomic mass is 35.5. The topological polar surface area (TPSA) is 17.8 Å². The van der Waals surface area contributed by atoms with Crippen molar-refractivity contribution >= 4 is 22.6 Å². The fraction of sp³-hybridized carbons (Fsp3) is 0.562. The Labute approximate surface area is 123 Å². The minimum atomic E-state index is -0.242. The van der Waals surface area contributed by atoms with Gasteiger partial charge in [0.05, 0.1) is 16.4 Å². The molecule has 0 bridgehead atoms. The molecule has 20 heavy (non-hydrogen) atoms. The zero-order valence-electron chi connectivity index (χ0n) is 11.8. The number of halogens is 2. The maximum Gasteiger partial charge on any atom is 0.127 e. The summed E-state index contributed by atoms with van der Waals surface area (Å²) in [4.78, 5) is 4.53. The SMILES string of the molecule is CC(Cl)c1nc2cc(F)ccc2n1CC1CCCCC1. The summed E-state index contributed by atoms with van der Waals surface area (Å²) in [6.45, 7) is 2.88. The van der Waals surface area contributed by atoms with Crippen molar-refractivity contribution < 1.29 is 4.39 Å². The van der Waals surface area contributed by atoms with E-state index in [-0.39, 0.29) is 11.2 Å². The van der Waals surface area contributed by atoms with Gasteiger partial charge in [0.15, 0.2) is 0 Å². The van der Waals surface area contributed by atoms with Gasteiger partial charge in [-0.1, -0.05) is 19.3 Å². The lowest BCUT2D eigenvalue weighted by molar-refractivity contribution is 0.319. The van der Waals surface area contributed by atoms with E-state index < -0.39 is 0 Å². The number of benzene rings is 1. The molecule has 108 valence electrons. The molecule has 0 amide bonds. The highest BCUT2D eigenvalue weighted by Crippen LogP contribution is 2.30. The van der Waals surface area contributed by atoms with Crippen LogP contribution in [0.3, 0.4) is 0 Å². The minimum absolute atomic E-state index is 0.158. The molecule has 0 radical (unpaired) electrons. The van der Waals surface area contributed by atoms with Crippen molar-refractivity contribution in [1.29, 1.82) is 0 Å². The molecule has 1 heterocycles. The summed E-state index contributed by atoms with van der Waals surface area (Å²) in [5.74, 6) is 1.31. The molecule has 1 aliphatic carbocycles. The van der Waals surface area contributed by atoms with E-state index in [1.807, 2.05) is 13.0 Å². The van der Waals surface area contributed by atoms with E-state index in [1.54, 1.807) is 0 Å². The number of hydrogen-bond donors (Lipinski definition) is 0. The Morgan fingerprint density at radius 3 is 2.80 bits per heavy atom. The second-order valence-corrected chi connectivity index (χ2v) is 6.49. The number of nitrogens with zero attached hydrogens (tertiary/aromatic N) is 2. The van der Waals surface area contributed by atoms with Crippen LogP contribution >= 0.6 is 11.6 Å². The van der Waals surface area contributed by atoms with Crippen molar-refractivity contribution in [2.24, 2.45) is 5.92 Å². The number of rotatable bonds is 3. The average Bonchev–Trinajstić information content (AvgIpc) is 2.78. The highest BCUT2D eigenvalue weighted by molar-refractivity contribution is 6.20. The maximum absolute atomic E-state index is 13.4. The maximum atomic E-state index is 13.4. The summed E-state index contributed by atoms with van der Waals surface area (Å²) in [7, 11) is 0. The minimum Gasteiger partial charge on any atom is -0.326 e. The Balaban J connectivity index is 1.99. The average molecular weight is 295 g/mol. The van der Waals surface area contributed by atoms with Gasteiger partial charge < -0.3 is 4.57 Å². The second kappa shape index (κ2) is 5.72. The smallest absolute Gasteiger partial charge is 0.127 e. The van der Waals surface area contributed by atoms with Crippen LogP contribution in [-0.2, 0) is 6.54 Å². The summed E-state index contributed by atoms with van der Waals surface area (Å²) in [5.41, 5.74) is 1.71. The molecule has 1 aromatic heterocycles. The van der Waals surface area contributed by atoms with Gasteiger partial charge in [0.2, 0.25) is 0 Å². The molecule has 0 saturated heterocycles. The van der Waals surface area contributed by atoms with Crippen LogP contribution in [0.4, 0.5) is 4.39 Å². The van der Waals surface area contributed by atoms with E-state index in [0.29, 0.717) is 11.4 Å². The van der Waals surface area contributed by atoms with Crippen LogP contribution in [-0.4, -0.2) is 9.55 Å². The van der Waals surface area contributed by atoms with E-state index in [4.69, 9.17) is 11.6 Å². The Kier molecular flexibility index (Phi) is 3.97. The van der Waals surface area contributed by atoms with Gasteiger partial charge in [-0.05, 0) is 37.8 Å². The van der Waals surface area contributed by atoms with Crippen molar-refractivity contribution in [3.05, 3.63) is 29.8 Å². The lowest BCUT2D eigenvalue weighted by Crippen LogP contribution is -2.16. The van der Waals surface area contributed by atoms with Gasteiger partial charge in [-0.15, -0.1) is 11.6 Å². The molecule has 2 aromatic rings. The Bertz CT molecular complexity index is 600. The number of hydrogen-bond acceptors (Lipinski definition) is 1. The van der Waals surface area contributed by atoms with Crippen molar-refractivity contribution in [3.63, 3.8) is 0 Å². The van der Waals surface area contributed by atoms with E-state index in [9.17, 15) is 4.39 Å². The summed E-state index contributed by atoms with van der Waals surface area (Å²) >= 11 is 6.26. The van der Waals surface area contributed by atoms with E-state index >= 15 is 0 Å². The molecule has 1 aliphatic rings. The van der Waals surface area contributed by atoms with Gasteiger partial charge in [-0.3, -0.25) is 0 Å². The van der Waals surface area contributed by atoms with E-state index in [1.165, 1.54) is 44.2 Å². The van der Waals surface area contributed by atoms with Gasteiger partial charge in [-0.25, -0.2) is 9.37 Å². The van der Waals surface area contributed by atoms with Crippen LogP contribution in [0.15, 0.2) is 18.2 Å². The van der Waals surface area contributed by atoms with E-state index in [2.05, 4.69) is 9.55 Å². The summed E-state index contributed by atoms with van der Waals surface area (Å²) < 4.78 is 15.6. The molecule has 1 unspecified atom stereocenters. The molecule has 0 N–H and O–H groups in total. The number of alkyl halides is 1. The molecule has 1 saturated carbocycles. The van der Waals surface area contributed by atoms with Gasteiger partial charge >= 0.3 is 0 Å². The fourth-order valence-corrected chi connectivity index (χ4v) is 3.41. The van der Waals surface area contributed by atoms with Gasteiger partial charge in [0.1, 0.15) is 11.6 Å². The van der Waals surface area contributed by atoms with Crippen LogP contribution in [0.2, 0.25) is 0 Å². The first kappa shape index (κ1) is 13.9. The molecule has 1 fully saturated rings. The first-order chi connectivity index (χ1) is 9.65.